The van der Waals surface area contributed by atoms with E-state index in [1.807, 2.05) is 42.5 Å². The van der Waals surface area contributed by atoms with Crippen molar-refractivity contribution in [2.45, 2.75) is 5.16 Å². The number of nitrogens with one attached hydrogen (secondary N) is 2. The quantitative estimate of drug-likeness (QED) is 0.643. The van der Waals surface area contributed by atoms with Gasteiger partial charge in [-0.25, -0.2) is 4.98 Å². The van der Waals surface area contributed by atoms with Gasteiger partial charge in [-0.05, 0) is 30.3 Å². The van der Waals surface area contributed by atoms with E-state index in [0.29, 0.717) is 5.16 Å². The summed E-state index contributed by atoms with van der Waals surface area (Å²) in [6.07, 6.45) is 0. The topological polar surface area (TPSA) is 67.0 Å². The van der Waals surface area contributed by atoms with Gasteiger partial charge in [0.1, 0.15) is 5.75 Å². The SMILES string of the molecule is COc1ccc2nc(SCC(=O)Nc3cccc(Br)c3)[nH]c2c1. The molecule has 3 rings (SSSR count). The number of carbonyl (C=O) groups excluding carboxylic acids is 1. The summed E-state index contributed by atoms with van der Waals surface area (Å²) in [4.78, 5) is 19.6. The van der Waals surface area contributed by atoms with Crippen LogP contribution in [0.2, 0.25) is 0 Å². The number of benzene rings is 2. The number of aromatic amines is 1. The van der Waals surface area contributed by atoms with Crippen LogP contribution in [0, 0.1) is 0 Å². The second-order valence-corrected chi connectivity index (χ2v) is 6.65. The van der Waals surface area contributed by atoms with Crippen molar-refractivity contribution < 1.29 is 9.53 Å². The van der Waals surface area contributed by atoms with Crippen LogP contribution in [0.25, 0.3) is 11.0 Å². The lowest BCUT2D eigenvalue weighted by Gasteiger charge is -2.04. The number of hydrogen-bond acceptors (Lipinski definition) is 4. The summed E-state index contributed by atoms with van der Waals surface area (Å²) in [5.41, 5.74) is 2.50. The van der Waals surface area contributed by atoms with Gasteiger partial charge in [0.25, 0.3) is 0 Å². The number of methoxy groups -OCH3 is 1. The van der Waals surface area contributed by atoms with Crippen molar-refractivity contribution >= 4 is 50.3 Å². The number of thioether (sulfide) groups is 1. The highest BCUT2D eigenvalue weighted by Gasteiger charge is 2.08. The van der Waals surface area contributed by atoms with Gasteiger partial charge in [0.2, 0.25) is 5.91 Å². The zero-order valence-corrected chi connectivity index (χ0v) is 14.7. The first-order valence-electron chi connectivity index (χ1n) is 6.86. The Morgan fingerprint density at radius 3 is 3.00 bits per heavy atom. The van der Waals surface area contributed by atoms with E-state index in [0.717, 1.165) is 26.9 Å². The van der Waals surface area contributed by atoms with Crippen molar-refractivity contribution in [1.29, 1.82) is 0 Å². The maximum atomic E-state index is 12.0. The van der Waals surface area contributed by atoms with Gasteiger partial charge in [-0.3, -0.25) is 4.79 Å². The minimum atomic E-state index is -0.0777. The van der Waals surface area contributed by atoms with Gasteiger partial charge >= 0.3 is 0 Å². The maximum Gasteiger partial charge on any atom is 0.234 e. The van der Waals surface area contributed by atoms with Crippen LogP contribution in [-0.2, 0) is 4.79 Å². The summed E-state index contributed by atoms with van der Waals surface area (Å²) in [5, 5.41) is 3.56. The smallest absolute Gasteiger partial charge is 0.234 e. The number of imidazole rings is 1. The molecule has 0 aliphatic heterocycles. The third-order valence-electron chi connectivity index (χ3n) is 3.12. The average Bonchev–Trinajstić information content (AvgIpc) is 2.94. The molecule has 0 aliphatic carbocycles. The Morgan fingerprint density at radius 2 is 2.22 bits per heavy atom. The van der Waals surface area contributed by atoms with Crippen molar-refractivity contribution in [3.8, 4) is 5.75 Å². The normalized spacial score (nSPS) is 10.7. The van der Waals surface area contributed by atoms with Gasteiger partial charge in [-0.15, -0.1) is 0 Å². The van der Waals surface area contributed by atoms with E-state index in [1.165, 1.54) is 11.8 Å². The zero-order chi connectivity index (χ0) is 16.2. The lowest BCUT2D eigenvalue weighted by Crippen LogP contribution is -2.14. The van der Waals surface area contributed by atoms with Crippen LogP contribution >= 0.6 is 27.7 Å². The second-order valence-electron chi connectivity index (χ2n) is 4.77. The van der Waals surface area contributed by atoms with Crippen LogP contribution in [0.15, 0.2) is 52.1 Å². The van der Waals surface area contributed by atoms with E-state index >= 15 is 0 Å². The third kappa shape index (κ3) is 4.05. The molecule has 1 heterocycles. The van der Waals surface area contributed by atoms with E-state index in [2.05, 4.69) is 31.2 Å². The molecule has 1 aromatic heterocycles. The molecule has 5 nitrogen and oxygen atoms in total. The van der Waals surface area contributed by atoms with E-state index < -0.39 is 0 Å². The van der Waals surface area contributed by atoms with Crippen LogP contribution < -0.4 is 10.1 Å². The van der Waals surface area contributed by atoms with E-state index in [9.17, 15) is 4.79 Å². The molecule has 0 saturated carbocycles. The molecule has 1 amide bonds. The molecular formula is C16H14BrN3O2S. The molecule has 0 atom stereocenters. The van der Waals surface area contributed by atoms with E-state index in [1.54, 1.807) is 7.11 Å². The number of ether oxygens (including phenoxy) is 1. The Kier molecular flexibility index (Phi) is 4.88. The second kappa shape index (κ2) is 7.06. The fraction of sp³-hybridized carbons (Fsp3) is 0.125. The van der Waals surface area contributed by atoms with Crippen LogP contribution in [0.3, 0.4) is 0 Å². The maximum absolute atomic E-state index is 12.0. The summed E-state index contributed by atoms with van der Waals surface area (Å²) < 4.78 is 6.11. The number of rotatable bonds is 5. The third-order valence-corrected chi connectivity index (χ3v) is 4.48. The number of carbonyl (C=O) groups is 1. The molecule has 0 fully saturated rings. The van der Waals surface area contributed by atoms with Crippen molar-refractivity contribution in [3.05, 3.63) is 46.9 Å². The first kappa shape index (κ1) is 15.9. The largest absolute Gasteiger partial charge is 0.497 e. The molecule has 2 N–H and O–H groups in total. The first-order chi connectivity index (χ1) is 11.1. The van der Waals surface area contributed by atoms with Crippen molar-refractivity contribution in [1.82, 2.24) is 9.97 Å². The Hall–Kier alpha value is -1.99. The lowest BCUT2D eigenvalue weighted by atomic mass is 10.3. The molecule has 0 unspecified atom stereocenters. The van der Waals surface area contributed by atoms with Crippen molar-refractivity contribution in [2.24, 2.45) is 0 Å². The molecule has 0 saturated heterocycles. The lowest BCUT2D eigenvalue weighted by molar-refractivity contribution is -0.113. The Bertz CT molecular complexity index is 850. The minimum absolute atomic E-state index is 0.0777. The van der Waals surface area contributed by atoms with Crippen LogP contribution in [0.5, 0.6) is 5.75 Å². The van der Waals surface area contributed by atoms with Crippen molar-refractivity contribution in [2.75, 3.05) is 18.2 Å². The molecule has 0 radical (unpaired) electrons. The number of H-pyrrole nitrogens is 1. The fourth-order valence-electron chi connectivity index (χ4n) is 2.06. The number of anilines is 1. The molecule has 118 valence electrons. The first-order valence-corrected chi connectivity index (χ1v) is 8.64. The van der Waals surface area contributed by atoms with Crippen LogP contribution in [0.4, 0.5) is 5.69 Å². The van der Waals surface area contributed by atoms with Crippen LogP contribution in [-0.4, -0.2) is 28.7 Å². The Labute approximate surface area is 146 Å². The number of nitrogens with zero attached hydrogens (tertiary/aromatic N) is 1. The summed E-state index contributed by atoms with van der Waals surface area (Å²) in [6, 6.07) is 13.1. The van der Waals surface area contributed by atoms with Crippen molar-refractivity contribution in [3.63, 3.8) is 0 Å². The number of aromatic nitrogens is 2. The van der Waals surface area contributed by atoms with E-state index in [4.69, 9.17) is 4.74 Å². The minimum Gasteiger partial charge on any atom is -0.497 e. The van der Waals surface area contributed by atoms with Gasteiger partial charge in [0, 0.05) is 16.2 Å². The summed E-state index contributed by atoms with van der Waals surface area (Å²) in [6.45, 7) is 0. The molecular weight excluding hydrogens is 378 g/mol. The summed E-state index contributed by atoms with van der Waals surface area (Å²) in [7, 11) is 1.62. The molecule has 23 heavy (non-hydrogen) atoms. The average molecular weight is 392 g/mol. The van der Waals surface area contributed by atoms with Gasteiger partial charge in [-0.1, -0.05) is 33.8 Å². The standard InChI is InChI=1S/C16H14BrN3O2S/c1-22-12-5-6-13-14(8-12)20-16(19-13)23-9-15(21)18-11-4-2-3-10(17)7-11/h2-8H,9H2,1H3,(H,18,21)(H,19,20). The van der Waals surface area contributed by atoms with Gasteiger partial charge in [0.15, 0.2) is 5.16 Å². The number of fused-ring (bicyclic) bond motifs is 1. The monoisotopic (exact) mass is 391 g/mol. The highest BCUT2D eigenvalue weighted by molar-refractivity contribution is 9.10. The summed E-state index contributed by atoms with van der Waals surface area (Å²) in [5.74, 6) is 0.972. The molecule has 0 aliphatic rings. The van der Waals surface area contributed by atoms with Gasteiger partial charge in [0.05, 0.1) is 23.9 Å². The fourth-order valence-corrected chi connectivity index (χ4v) is 3.14. The molecule has 2 aromatic carbocycles. The Morgan fingerprint density at radius 1 is 1.35 bits per heavy atom. The summed E-state index contributed by atoms with van der Waals surface area (Å²) >= 11 is 4.74. The number of halogens is 1. The van der Waals surface area contributed by atoms with E-state index in [-0.39, 0.29) is 11.7 Å². The molecule has 0 bridgehead atoms. The predicted octanol–water partition coefficient (Wildman–Crippen LogP) is 4.06. The predicted molar refractivity (Wildman–Crippen MR) is 96.1 cm³/mol. The van der Waals surface area contributed by atoms with Crippen LogP contribution in [0.1, 0.15) is 0 Å². The number of amides is 1. The number of hydrogen-bond donors (Lipinski definition) is 2. The Balaban J connectivity index is 1.62. The molecule has 0 spiro atoms. The zero-order valence-electron chi connectivity index (χ0n) is 12.3. The highest BCUT2D eigenvalue weighted by atomic mass is 79.9. The van der Waals surface area contributed by atoms with Gasteiger partial charge < -0.3 is 15.0 Å². The highest BCUT2D eigenvalue weighted by Crippen LogP contribution is 2.23. The molecule has 3 aromatic rings. The molecule has 7 heteroatoms. The van der Waals surface area contributed by atoms with Gasteiger partial charge in [-0.2, -0.15) is 0 Å².